The maximum Gasteiger partial charge on any atom is 0.227 e. The third kappa shape index (κ3) is 3.67. The molecular weight excluding hydrogens is 376 g/mol. The van der Waals surface area contributed by atoms with Gasteiger partial charge in [0, 0.05) is 25.1 Å². The first-order valence-electron chi connectivity index (χ1n) is 9.48. The van der Waals surface area contributed by atoms with Crippen LogP contribution in [0.3, 0.4) is 0 Å². The van der Waals surface area contributed by atoms with Gasteiger partial charge in [-0.05, 0) is 54.7 Å². The molecule has 0 aliphatic carbocycles. The zero-order valence-corrected chi connectivity index (χ0v) is 16.3. The third-order valence-electron chi connectivity index (χ3n) is 5.26. The van der Waals surface area contributed by atoms with Crippen LogP contribution in [-0.2, 0) is 32.3 Å². The van der Waals surface area contributed by atoms with Crippen LogP contribution in [0.4, 0.5) is 11.4 Å². The van der Waals surface area contributed by atoms with Gasteiger partial charge in [-0.25, -0.2) is 8.42 Å². The summed E-state index contributed by atoms with van der Waals surface area (Å²) in [7, 11) is -3.48. The second-order valence-electron chi connectivity index (χ2n) is 7.22. The van der Waals surface area contributed by atoms with E-state index in [0.717, 1.165) is 36.2 Å². The van der Waals surface area contributed by atoms with Crippen molar-refractivity contribution in [2.24, 2.45) is 0 Å². The molecule has 2 aromatic carbocycles. The molecule has 0 spiro atoms. The van der Waals surface area contributed by atoms with E-state index in [1.165, 1.54) is 12.1 Å². The summed E-state index contributed by atoms with van der Waals surface area (Å²) in [6.07, 6.45) is 2.83. The van der Waals surface area contributed by atoms with Gasteiger partial charge in [0.1, 0.15) is 0 Å². The molecule has 0 saturated heterocycles. The van der Waals surface area contributed by atoms with Gasteiger partial charge in [0.2, 0.25) is 11.8 Å². The van der Waals surface area contributed by atoms with Crippen LogP contribution in [0, 0.1) is 0 Å². The van der Waals surface area contributed by atoms with E-state index in [-0.39, 0.29) is 28.9 Å². The molecule has 0 atom stereocenters. The molecule has 146 valence electrons. The zero-order valence-electron chi connectivity index (χ0n) is 15.5. The molecular formula is C21H22N2O4S. The van der Waals surface area contributed by atoms with Crippen LogP contribution < -0.4 is 10.2 Å². The lowest BCUT2D eigenvalue weighted by atomic mass is 9.91. The number of carbonyl (C=O) groups is 2. The quantitative estimate of drug-likeness (QED) is 0.839. The average Bonchev–Trinajstić information content (AvgIpc) is 2.70. The Kier molecular flexibility index (Phi) is 4.93. The summed E-state index contributed by atoms with van der Waals surface area (Å²) in [5.41, 5.74) is 3.83. The van der Waals surface area contributed by atoms with Crippen LogP contribution in [0.2, 0.25) is 0 Å². The minimum atomic E-state index is -3.48. The Morgan fingerprint density at radius 1 is 1.04 bits per heavy atom. The van der Waals surface area contributed by atoms with Crippen molar-refractivity contribution in [3.8, 4) is 0 Å². The first-order chi connectivity index (χ1) is 13.4. The SMILES string of the molecule is O=C(CCS(=O)(=O)c1ccccc1)Nc1cc2c3c(c1)CCC(=O)N3CCC2. The third-order valence-corrected chi connectivity index (χ3v) is 6.99. The molecule has 0 fully saturated rings. The maximum atomic E-state index is 12.3. The Hall–Kier alpha value is -2.67. The number of rotatable bonds is 5. The van der Waals surface area contributed by atoms with E-state index in [1.807, 2.05) is 17.0 Å². The number of nitrogens with one attached hydrogen (secondary N) is 1. The van der Waals surface area contributed by atoms with E-state index in [9.17, 15) is 18.0 Å². The van der Waals surface area contributed by atoms with Crippen molar-refractivity contribution in [3.63, 3.8) is 0 Å². The molecule has 6 nitrogen and oxygen atoms in total. The van der Waals surface area contributed by atoms with Crippen molar-refractivity contribution in [2.45, 2.75) is 37.0 Å². The summed E-state index contributed by atoms with van der Waals surface area (Å²) in [4.78, 5) is 26.6. The van der Waals surface area contributed by atoms with Gasteiger partial charge < -0.3 is 10.2 Å². The average molecular weight is 398 g/mol. The monoisotopic (exact) mass is 398 g/mol. The Balaban J connectivity index is 1.46. The lowest BCUT2D eigenvalue weighted by molar-refractivity contribution is -0.119. The van der Waals surface area contributed by atoms with Crippen LogP contribution in [0.25, 0.3) is 0 Å². The minimum Gasteiger partial charge on any atom is -0.326 e. The minimum absolute atomic E-state index is 0.103. The molecule has 0 radical (unpaired) electrons. The number of carbonyl (C=O) groups excluding carboxylic acids is 2. The molecule has 2 amide bonds. The van der Waals surface area contributed by atoms with Crippen molar-refractivity contribution < 1.29 is 18.0 Å². The molecule has 0 aromatic heterocycles. The zero-order chi connectivity index (χ0) is 19.7. The van der Waals surface area contributed by atoms with Crippen molar-refractivity contribution in [1.29, 1.82) is 0 Å². The predicted molar refractivity (Wildman–Crippen MR) is 107 cm³/mol. The molecule has 2 aromatic rings. The first kappa shape index (κ1) is 18.7. The molecule has 2 aliphatic heterocycles. The molecule has 0 unspecified atom stereocenters. The van der Waals surface area contributed by atoms with Gasteiger partial charge in [-0.2, -0.15) is 0 Å². The van der Waals surface area contributed by atoms with Gasteiger partial charge in [0.15, 0.2) is 9.84 Å². The van der Waals surface area contributed by atoms with Crippen molar-refractivity contribution >= 4 is 33.0 Å². The van der Waals surface area contributed by atoms with Gasteiger partial charge in [-0.15, -0.1) is 0 Å². The molecule has 7 heteroatoms. The fourth-order valence-corrected chi connectivity index (χ4v) is 5.18. The largest absolute Gasteiger partial charge is 0.326 e. The summed E-state index contributed by atoms with van der Waals surface area (Å²) in [6, 6.07) is 12.0. The Labute approximate surface area is 164 Å². The Morgan fingerprint density at radius 3 is 2.50 bits per heavy atom. The topological polar surface area (TPSA) is 83.5 Å². The van der Waals surface area contributed by atoms with Crippen LogP contribution in [-0.4, -0.2) is 32.5 Å². The number of nitrogens with zero attached hydrogens (tertiary/aromatic N) is 1. The highest BCUT2D eigenvalue weighted by Crippen LogP contribution is 2.37. The number of benzene rings is 2. The molecule has 0 bridgehead atoms. The normalized spacial score (nSPS) is 15.9. The standard InChI is InChI=1S/C21H22N2O4S/c24-19(10-12-28(26,27)18-6-2-1-3-7-18)22-17-13-15-5-4-11-23-20(25)9-8-16(14-17)21(15)23/h1-3,6-7,13-14H,4-5,8-12H2,(H,22,24). The van der Waals surface area contributed by atoms with Gasteiger partial charge in [0.05, 0.1) is 16.3 Å². The fourth-order valence-electron chi connectivity index (χ4n) is 3.92. The summed E-state index contributed by atoms with van der Waals surface area (Å²) in [5.74, 6) is -0.398. The maximum absolute atomic E-state index is 12.3. The lowest BCUT2D eigenvalue weighted by Crippen LogP contribution is -2.39. The Morgan fingerprint density at radius 2 is 1.75 bits per heavy atom. The highest BCUT2D eigenvalue weighted by Gasteiger charge is 2.29. The van der Waals surface area contributed by atoms with Gasteiger partial charge in [-0.3, -0.25) is 9.59 Å². The molecule has 2 aliphatic rings. The molecule has 1 N–H and O–H groups in total. The summed E-state index contributed by atoms with van der Waals surface area (Å²) in [6.45, 7) is 0.752. The highest BCUT2D eigenvalue weighted by atomic mass is 32.2. The van der Waals surface area contributed by atoms with Gasteiger partial charge >= 0.3 is 0 Å². The number of aryl methyl sites for hydroxylation is 2. The molecule has 0 saturated carbocycles. The number of anilines is 2. The van der Waals surface area contributed by atoms with Gasteiger partial charge in [0.25, 0.3) is 0 Å². The second kappa shape index (κ2) is 7.39. The van der Waals surface area contributed by atoms with Crippen molar-refractivity contribution in [3.05, 3.63) is 53.6 Å². The summed E-state index contributed by atoms with van der Waals surface area (Å²) in [5, 5.41) is 2.83. The van der Waals surface area contributed by atoms with Crippen LogP contribution in [0.5, 0.6) is 0 Å². The molecule has 2 heterocycles. The van der Waals surface area contributed by atoms with E-state index in [1.54, 1.807) is 18.2 Å². The van der Waals surface area contributed by atoms with Crippen molar-refractivity contribution in [2.75, 3.05) is 22.5 Å². The molecule has 28 heavy (non-hydrogen) atoms. The first-order valence-corrected chi connectivity index (χ1v) is 11.1. The number of sulfone groups is 1. The number of hydrogen-bond donors (Lipinski definition) is 1. The van der Waals surface area contributed by atoms with E-state index in [4.69, 9.17) is 0 Å². The fraction of sp³-hybridized carbons (Fsp3) is 0.333. The second-order valence-corrected chi connectivity index (χ2v) is 9.33. The highest BCUT2D eigenvalue weighted by molar-refractivity contribution is 7.91. The van der Waals surface area contributed by atoms with E-state index >= 15 is 0 Å². The lowest BCUT2D eigenvalue weighted by Gasteiger charge is -2.35. The smallest absolute Gasteiger partial charge is 0.227 e. The predicted octanol–water partition coefficient (Wildman–Crippen LogP) is 2.71. The number of hydrogen-bond acceptors (Lipinski definition) is 4. The van der Waals surface area contributed by atoms with Crippen molar-refractivity contribution in [1.82, 2.24) is 0 Å². The van der Waals surface area contributed by atoms with E-state index < -0.39 is 9.84 Å². The van der Waals surface area contributed by atoms with Crippen LogP contribution in [0.15, 0.2) is 47.4 Å². The summed E-state index contributed by atoms with van der Waals surface area (Å²) < 4.78 is 24.7. The van der Waals surface area contributed by atoms with Crippen LogP contribution in [0.1, 0.15) is 30.4 Å². The number of amides is 2. The van der Waals surface area contributed by atoms with Crippen LogP contribution >= 0.6 is 0 Å². The Bertz CT molecular complexity index is 1010. The van der Waals surface area contributed by atoms with E-state index in [2.05, 4.69) is 5.32 Å². The van der Waals surface area contributed by atoms with E-state index in [0.29, 0.717) is 18.5 Å². The van der Waals surface area contributed by atoms with Gasteiger partial charge in [-0.1, -0.05) is 18.2 Å². The molecule has 4 rings (SSSR count). The summed E-state index contributed by atoms with van der Waals surface area (Å²) >= 11 is 0.